The molecule has 31 heavy (non-hydrogen) atoms. The summed E-state index contributed by atoms with van der Waals surface area (Å²) in [6, 6.07) is 4.90. The highest BCUT2D eigenvalue weighted by Gasteiger charge is 2.26. The summed E-state index contributed by atoms with van der Waals surface area (Å²) in [5.41, 5.74) is 1.01. The van der Waals surface area contributed by atoms with Crippen molar-refractivity contribution in [3.05, 3.63) is 18.2 Å². The van der Waals surface area contributed by atoms with Crippen LogP contribution in [0.1, 0.15) is 59.3 Å². The summed E-state index contributed by atoms with van der Waals surface area (Å²) in [7, 11) is -3.52. The molecule has 0 spiro atoms. The lowest BCUT2D eigenvalue weighted by molar-refractivity contribution is -0.119. The Morgan fingerprint density at radius 1 is 1.19 bits per heavy atom. The molecule has 1 aromatic heterocycles. The second-order valence-electron chi connectivity index (χ2n) is 8.66. The number of rotatable bonds is 10. The smallest absolute Gasteiger partial charge is 0.257 e. The first-order chi connectivity index (χ1) is 14.8. The van der Waals surface area contributed by atoms with E-state index >= 15 is 0 Å². The number of nitrogens with zero attached hydrogens (tertiary/aromatic N) is 2. The van der Waals surface area contributed by atoms with Crippen LogP contribution in [-0.2, 0) is 14.8 Å². The third kappa shape index (κ3) is 6.70. The minimum absolute atomic E-state index is 0.0577. The van der Waals surface area contributed by atoms with Gasteiger partial charge in [0.05, 0.1) is 10.6 Å². The minimum atomic E-state index is -3.52. The molecule has 2 aromatic rings. The highest BCUT2D eigenvalue weighted by molar-refractivity contribution is 7.99. The number of nitrogens with one attached hydrogen (secondary N) is 1. The van der Waals surface area contributed by atoms with Gasteiger partial charge < -0.3 is 9.73 Å². The van der Waals surface area contributed by atoms with E-state index in [1.165, 1.54) is 11.8 Å². The summed E-state index contributed by atoms with van der Waals surface area (Å²) in [6.07, 6.45) is 6.08. The van der Waals surface area contributed by atoms with E-state index < -0.39 is 10.0 Å². The quantitative estimate of drug-likeness (QED) is 0.520. The number of piperidine rings is 1. The van der Waals surface area contributed by atoms with Crippen molar-refractivity contribution < 1.29 is 17.6 Å². The number of hydrogen-bond donors (Lipinski definition) is 1. The molecule has 1 saturated heterocycles. The second kappa shape index (κ2) is 10.8. The average Bonchev–Trinajstić information content (AvgIpc) is 3.15. The van der Waals surface area contributed by atoms with Crippen LogP contribution in [-0.4, -0.2) is 48.5 Å². The molecule has 1 N–H and O–H groups in total. The Labute approximate surface area is 189 Å². The van der Waals surface area contributed by atoms with Gasteiger partial charge in [-0.15, -0.1) is 0 Å². The first kappa shape index (κ1) is 24.1. The standard InChI is InChI=1S/C22H33N3O4S2/c1-16(2)8-7-9-17(3)23-21(26)15-30-22-24-19-14-18(10-11-20(19)29-22)31(27,28)25-12-5-4-6-13-25/h10-11,14,16-17H,4-9,12-13,15H2,1-3H3,(H,23,26)/t17-/m1/s1. The van der Waals surface area contributed by atoms with Gasteiger partial charge >= 0.3 is 0 Å². The lowest BCUT2D eigenvalue weighted by atomic mass is 10.0. The van der Waals surface area contributed by atoms with E-state index in [4.69, 9.17) is 4.42 Å². The molecule has 0 radical (unpaired) electrons. The van der Waals surface area contributed by atoms with Crippen LogP contribution in [0.2, 0.25) is 0 Å². The van der Waals surface area contributed by atoms with Crippen LogP contribution in [0.4, 0.5) is 0 Å². The summed E-state index contributed by atoms with van der Waals surface area (Å²) in [6.45, 7) is 7.54. The number of sulfonamides is 1. The zero-order chi connectivity index (χ0) is 22.4. The maximum absolute atomic E-state index is 12.9. The summed E-state index contributed by atoms with van der Waals surface area (Å²) < 4.78 is 33.0. The van der Waals surface area contributed by atoms with E-state index in [1.807, 2.05) is 6.92 Å². The Kier molecular flexibility index (Phi) is 8.41. The Morgan fingerprint density at radius 2 is 1.94 bits per heavy atom. The van der Waals surface area contributed by atoms with Gasteiger partial charge in [-0.2, -0.15) is 4.31 Å². The van der Waals surface area contributed by atoms with Crippen LogP contribution < -0.4 is 5.32 Å². The topological polar surface area (TPSA) is 92.5 Å². The van der Waals surface area contributed by atoms with Gasteiger partial charge in [-0.05, 0) is 50.3 Å². The number of thioether (sulfide) groups is 1. The third-order valence-electron chi connectivity index (χ3n) is 5.44. The van der Waals surface area contributed by atoms with Crippen molar-refractivity contribution >= 4 is 38.8 Å². The maximum Gasteiger partial charge on any atom is 0.257 e. The zero-order valence-corrected chi connectivity index (χ0v) is 20.2. The molecule has 7 nitrogen and oxygen atoms in total. The molecule has 1 aromatic carbocycles. The van der Waals surface area contributed by atoms with Gasteiger partial charge in [0, 0.05) is 19.1 Å². The van der Waals surface area contributed by atoms with Crippen molar-refractivity contribution in [3.8, 4) is 0 Å². The van der Waals surface area contributed by atoms with E-state index in [0.29, 0.717) is 35.3 Å². The zero-order valence-electron chi connectivity index (χ0n) is 18.6. The molecule has 172 valence electrons. The van der Waals surface area contributed by atoms with Gasteiger partial charge in [0.2, 0.25) is 15.9 Å². The predicted octanol–water partition coefficient (Wildman–Crippen LogP) is 4.43. The molecule has 1 aliphatic rings. The number of oxazole rings is 1. The van der Waals surface area contributed by atoms with Gasteiger partial charge in [-0.25, -0.2) is 13.4 Å². The fourth-order valence-electron chi connectivity index (χ4n) is 3.71. The molecule has 9 heteroatoms. The number of hydrogen-bond acceptors (Lipinski definition) is 6. The monoisotopic (exact) mass is 467 g/mol. The normalized spacial score (nSPS) is 16.6. The number of benzene rings is 1. The third-order valence-corrected chi connectivity index (χ3v) is 8.17. The van der Waals surface area contributed by atoms with Gasteiger partial charge in [0.1, 0.15) is 5.52 Å². The summed E-state index contributed by atoms with van der Waals surface area (Å²) >= 11 is 1.22. The van der Waals surface area contributed by atoms with E-state index in [2.05, 4.69) is 24.1 Å². The number of fused-ring (bicyclic) bond motifs is 1. The van der Waals surface area contributed by atoms with Crippen molar-refractivity contribution in [2.75, 3.05) is 18.8 Å². The molecule has 1 atom stereocenters. The van der Waals surface area contributed by atoms with Gasteiger partial charge in [0.25, 0.3) is 5.22 Å². The van der Waals surface area contributed by atoms with Gasteiger partial charge in [-0.3, -0.25) is 4.79 Å². The van der Waals surface area contributed by atoms with E-state index in [1.54, 1.807) is 22.5 Å². The fraction of sp³-hybridized carbons (Fsp3) is 0.636. The van der Waals surface area contributed by atoms with Crippen molar-refractivity contribution in [3.63, 3.8) is 0 Å². The fourth-order valence-corrected chi connectivity index (χ4v) is 5.90. The SMILES string of the molecule is CC(C)CCC[C@@H](C)NC(=O)CSc1nc2cc(S(=O)(=O)N3CCCCC3)ccc2o1. The van der Waals surface area contributed by atoms with Crippen LogP contribution in [0.15, 0.2) is 32.7 Å². The summed E-state index contributed by atoms with van der Waals surface area (Å²) in [4.78, 5) is 16.8. The Morgan fingerprint density at radius 3 is 2.65 bits per heavy atom. The Balaban J connectivity index is 1.57. The van der Waals surface area contributed by atoms with Crippen molar-refractivity contribution in [2.24, 2.45) is 5.92 Å². The highest BCUT2D eigenvalue weighted by Crippen LogP contribution is 2.27. The minimum Gasteiger partial charge on any atom is -0.431 e. The summed E-state index contributed by atoms with van der Waals surface area (Å²) in [5.74, 6) is 0.825. The second-order valence-corrected chi connectivity index (χ2v) is 11.5. The first-order valence-electron chi connectivity index (χ1n) is 11.1. The van der Waals surface area contributed by atoms with Crippen LogP contribution in [0, 0.1) is 5.92 Å². The largest absolute Gasteiger partial charge is 0.431 e. The number of aromatic nitrogens is 1. The molecule has 1 aliphatic heterocycles. The molecule has 3 rings (SSSR count). The van der Waals surface area contributed by atoms with E-state index in [0.717, 1.165) is 38.5 Å². The van der Waals surface area contributed by atoms with Crippen molar-refractivity contribution in [2.45, 2.75) is 75.5 Å². The Bertz CT molecular complexity index is 982. The van der Waals surface area contributed by atoms with Gasteiger partial charge in [0.15, 0.2) is 5.58 Å². The molecular weight excluding hydrogens is 434 g/mol. The summed E-state index contributed by atoms with van der Waals surface area (Å²) in [5, 5.41) is 3.37. The van der Waals surface area contributed by atoms with Crippen LogP contribution in [0.3, 0.4) is 0 Å². The van der Waals surface area contributed by atoms with E-state index in [9.17, 15) is 13.2 Å². The van der Waals surface area contributed by atoms with E-state index in [-0.39, 0.29) is 22.6 Å². The van der Waals surface area contributed by atoms with Gasteiger partial charge in [-0.1, -0.05) is 44.9 Å². The number of carbonyl (C=O) groups excluding carboxylic acids is 1. The molecule has 1 fully saturated rings. The van der Waals surface area contributed by atoms with Crippen molar-refractivity contribution in [1.82, 2.24) is 14.6 Å². The first-order valence-corrected chi connectivity index (χ1v) is 13.5. The lowest BCUT2D eigenvalue weighted by Crippen LogP contribution is -2.35. The van der Waals surface area contributed by atoms with Crippen LogP contribution in [0.25, 0.3) is 11.1 Å². The van der Waals surface area contributed by atoms with Crippen LogP contribution in [0.5, 0.6) is 0 Å². The molecule has 2 heterocycles. The molecule has 0 bridgehead atoms. The molecule has 0 aliphatic carbocycles. The highest BCUT2D eigenvalue weighted by atomic mass is 32.2. The Hall–Kier alpha value is -1.58. The lowest BCUT2D eigenvalue weighted by Gasteiger charge is -2.25. The van der Waals surface area contributed by atoms with Crippen LogP contribution >= 0.6 is 11.8 Å². The molecule has 0 unspecified atom stereocenters. The predicted molar refractivity (Wildman–Crippen MR) is 124 cm³/mol. The molecule has 0 saturated carbocycles. The number of amides is 1. The van der Waals surface area contributed by atoms with Crippen molar-refractivity contribution in [1.29, 1.82) is 0 Å². The average molecular weight is 468 g/mol. The molecular formula is C22H33N3O4S2. The maximum atomic E-state index is 12.9. The molecule has 1 amide bonds. The number of carbonyl (C=O) groups is 1.